The molecule has 0 bridgehead atoms. The lowest BCUT2D eigenvalue weighted by atomic mass is 10.1. The lowest BCUT2D eigenvalue weighted by Crippen LogP contribution is -2.35. The van der Waals surface area contributed by atoms with Crippen molar-refractivity contribution in [1.82, 2.24) is 14.7 Å². The highest BCUT2D eigenvalue weighted by Crippen LogP contribution is 2.31. The lowest BCUT2D eigenvalue weighted by molar-refractivity contribution is -0.137. The van der Waals surface area contributed by atoms with Crippen LogP contribution in [0, 0.1) is 0 Å². The Bertz CT molecular complexity index is 1120. The second kappa shape index (κ2) is 9.63. The number of carbonyl (C=O) groups excluding carboxylic acids is 1. The quantitative estimate of drug-likeness (QED) is 0.603. The number of anilines is 1. The number of hydrogen-bond donors (Lipinski definition) is 1. The van der Waals surface area contributed by atoms with Crippen LogP contribution < -0.4 is 10.1 Å². The third kappa shape index (κ3) is 5.52. The first kappa shape index (κ1) is 22.8. The highest BCUT2D eigenvalue weighted by atomic mass is 19.4. The van der Waals surface area contributed by atoms with Crippen molar-refractivity contribution in [1.29, 1.82) is 0 Å². The smallest absolute Gasteiger partial charge is 0.416 e. The first-order chi connectivity index (χ1) is 15.8. The van der Waals surface area contributed by atoms with Gasteiger partial charge in [-0.05, 0) is 35.9 Å². The van der Waals surface area contributed by atoms with Gasteiger partial charge in [-0.15, -0.1) is 0 Å². The van der Waals surface area contributed by atoms with Crippen LogP contribution in [0.15, 0.2) is 54.7 Å². The van der Waals surface area contributed by atoms with Gasteiger partial charge >= 0.3 is 6.18 Å². The number of ether oxygens (including phenoxy) is 2. The fraction of sp³-hybridized carbons (Fsp3) is 0.304. The highest BCUT2D eigenvalue weighted by molar-refractivity contribution is 6.04. The van der Waals surface area contributed by atoms with Crippen LogP contribution in [-0.2, 0) is 17.5 Å². The minimum Gasteiger partial charge on any atom is -0.493 e. The summed E-state index contributed by atoms with van der Waals surface area (Å²) in [6.07, 6.45) is -3.11. The Hall–Kier alpha value is -3.37. The van der Waals surface area contributed by atoms with Crippen LogP contribution in [0.3, 0.4) is 0 Å². The summed E-state index contributed by atoms with van der Waals surface area (Å²) in [5.74, 6) is -0.379. The standard InChI is InChI=1S/C23H23F3N4O3/c1-32-20-15-30(19-7-3-5-17(13-19)23(24,25)26)28-21(20)22(31)27-18-6-2-4-16(12-18)14-29-8-10-33-11-9-29/h2-7,12-13,15H,8-11,14H2,1H3,(H,27,31). The second-order valence-electron chi connectivity index (χ2n) is 7.58. The van der Waals surface area contributed by atoms with E-state index in [1.165, 1.54) is 30.1 Å². The molecule has 10 heteroatoms. The summed E-state index contributed by atoms with van der Waals surface area (Å²) in [6.45, 7) is 3.83. The largest absolute Gasteiger partial charge is 0.493 e. The number of aromatic nitrogens is 2. The molecule has 1 aliphatic rings. The van der Waals surface area contributed by atoms with Crippen molar-refractivity contribution >= 4 is 11.6 Å². The van der Waals surface area contributed by atoms with Gasteiger partial charge in [-0.25, -0.2) is 4.68 Å². The number of methoxy groups -OCH3 is 1. The van der Waals surface area contributed by atoms with E-state index in [0.717, 1.165) is 37.3 Å². The number of morpholine rings is 1. The zero-order valence-corrected chi connectivity index (χ0v) is 17.9. The van der Waals surface area contributed by atoms with Gasteiger partial charge in [-0.2, -0.15) is 18.3 Å². The average Bonchev–Trinajstić information content (AvgIpc) is 3.24. The number of benzene rings is 2. The number of carbonyl (C=O) groups is 1. The molecule has 7 nitrogen and oxygen atoms in total. The summed E-state index contributed by atoms with van der Waals surface area (Å²) in [5.41, 5.74) is 0.943. The van der Waals surface area contributed by atoms with Crippen LogP contribution >= 0.6 is 0 Å². The molecule has 0 atom stereocenters. The maximum Gasteiger partial charge on any atom is 0.416 e. The molecule has 174 valence electrons. The predicted octanol–water partition coefficient (Wildman–Crippen LogP) is 3.98. The zero-order chi connectivity index (χ0) is 23.4. The first-order valence-corrected chi connectivity index (χ1v) is 10.3. The molecule has 4 rings (SSSR count). The van der Waals surface area contributed by atoms with Gasteiger partial charge in [0.15, 0.2) is 11.4 Å². The predicted molar refractivity (Wildman–Crippen MR) is 116 cm³/mol. The van der Waals surface area contributed by atoms with E-state index < -0.39 is 17.6 Å². The number of alkyl halides is 3. The van der Waals surface area contributed by atoms with Crippen molar-refractivity contribution in [3.63, 3.8) is 0 Å². The number of halogens is 3. The topological polar surface area (TPSA) is 68.6 Å². The van der Waals surface area contributed by atoms with Crippen molar-refractivity contribution in [3.05, 3.63) is 71.5 Å². The number of nitrogens with zero attached hydrogens (tertiary/aromatic N) is 3. The van der Waals surface area contributed by atoms with Crippen LogP contribution in [-0.4, -0.2) is 54.0 Å². The van der Waals surface area contributed by atoms with E-state index in [1.807, 2.05) is 18.2 Å². The maximum absolute atomic E-state index is 13.1. The van der Waals surface area contributed by atoms with Crippen molar-refractivity contribution in [2.24, 2.45) is 0 Å². The van der Waals surface area contributed by atoms with Gasteiger partial charge in [0.05, 0.1) is 37.8 Å². The van der Waals surface area contributed by atoms with E-state index in [0.29, 0.717) is 18.9 Å². The van der Waals surface area contributed by atoms with E-state index in [1.54, 1.807) is 6.07 Å². The Kier molecular flexibility index (Phi) is 6.66. The van der Waals surface area contributed by atoms with Crippen LogP contribution in [0.5, 0.6) is 5.75 Å². The molecule has 1 aliphatic heterocycles. The Labute approximate surface area is 188 Å². The number of hydrogen-bond acceptors (Lipinski definition) is 5. The Morgan fingerprint density at radius 1 is 1.15 bits per heavy atom. The Balaban J connectivity index is 1.52. The Morgan fingerprint density at radius 3 is 2.64 bits per heavy atom. The molecule has 0 saturated carbocycles. The molecule has 2 aromatic carbocycles. The molecule has 1 saturated heterocycles. The van der Waals surface area contributed by atoms with Gasteiger partial charge in [0.25, 0.3) is 5.91 Å². The Morgan fingerprint density at radius 2 is 1.91 bits per heavy atom. The zero-order valence-electron chi connectivity index (χ0n) is 17.9. The highest BCUT2D eigenvalue weighted by Gasteiger charge is 2.30. The lowest BCUT2D eigenvalue weighted by Gasteiger charge is -2.26. The molecule has 1 fully saturated rings. The molecular formula is C23H23F3N4O3. The minimum absolute atomic E-state index is 0.0338. The third-order valence-electron chi connectivity index (χ3n) is 5.25. The number of amides is 1. The maximum atomic E-state index is 13.1. The van der Waals surface area contributed by atoms with Gasteiger partial charge < -0.3 is 14.8 Å². The van der Waals surface area contributed by atoms with Crippen LogP contribution in [0.4, 0.5) is 18.9 Å². The molecule has 2 heterocycles. The van der Waals surface area contributed by atoms with Gasteiger partial charge in [0.2, 0.25) is 0 Å². The molecule has 0 spiro atoms. The van der Waals surface area contributed by atoms with Crippen molar-refractivity contribution in [3.8, 4) is 11.4 Å². The van der Waals surface area contributed by atoms with Crippen LogP contribution in [0.1, 0.15) is 21.6 Å². The molecule has 1 N–H and O–H groups in total. The molecule has 1 amide bonds. The third-order valence-corrected chi connectivity index (χ3v) is 5.25. The van der Waals surface area contributed by atoms with Gasteiger partial charge in [0.1, 0.15) is 0 Å². The van der Waals surface area contributed by atoms with E-state index >= 15 is 0 Å². The van der Waals surface area contributed by atoms with Crippen LogP contribution in [0.2, 0.25) is 0 Å². The van der Waals surface area contributed by atoms with Gasteiger partial charge in [-0.3, -0.25) is 9.69 Å². The van der Waals surface area contributed by atoms with E-state index in [-0.39, 0.29) is 17.1 Å². The van der Waals surface area contributed by atoms with Crippen LogP contribution in [0.25, 0.3) is 5.69 Å². The normalized spacial score (nSPS) is 14.8. The molecule has 0 unspecified atom stereocenters. The fourth-order valence-corrected chi connectivity index (χ4v) is 3.58. The summed E-state index contributed by atoms with van der Waals surface area (Å²) < 4.78 is 51.0. The molecule has 3 aromatic rings. The van der Waals surface area contributed by atoms with Gasteiger partial charge in [0, 0.05) is 25.3 Å². The van der Waals surface area contributed by atoms with E-state index in [9.17, 15) is 18.0 Å². The molecular weight excluding hydrogens is 437 g/mol. The minimum atomic E-state index is -4.49. The molecule has 0 radical (unpaired) electrons. The summed E-state index contributed by atoms with van der Waals surface area (Å²) in [7, 11) is 1.37. The summed E-state index contributed by atoms with van der Waals surface area (Å²) in [4.78, 5) is 15.2. The SMILES string of the molecule is COc1cn(-c2cccc(C(F)(F)F)c2)nc1C(=O)Nc1cccc(CN2CCOCC2)c1. The summed E-state index contributed by atoms with van der Waals surface area (Å²) >= 11 is 0. The van der Waals surface area contributed by atoms with Crippen molar-refractivity contribution in [2.75, 3.05) is 38.7 Å². The van der Waals surface area contributed by atoms with Crippen molar-refractivity contribution < 1.29 is 27.4 Å². The summed E-state index contributed by atoms with van der Waals surface area (Å²) in [6, 6.07) is 12.2. The van der Waals surface area contributed by atoms with E-state index in [2.05, 4.69) is 15.3 Å². The number of nitrogens with one attached hydrogen (secondary N) is 1. The average molecular weight is 460 g/mol. The second-order valence-corrected chi connectivity index (χ2v) is 7.58. The van der Waals surface area contributed by atoms with E-state index in [4.69, 9.17) is 9.47 Å². The summed E-state index contributed by atoms with van der Waals surface area (Å²) in [5, 5.41) is 6.97. The molecule has 0 aliphatic carbocycles. The molecule has 33 heavy (non-hydrogen) atoms. The first-order valence-electron chi connectivity index (χ1n) is 10.3. The van der Waals surface area contributed by atoms with Gasteiger partial charge in [-0.1, -0.05) is 18.2 Å². The number of rotatable bonds is 6. The molecule has 1 aromatic heterocycles. The fourth-order valence-electron chi connectivity index (χ4n) is 3.58. The van der Waals surface area contributed by atoms with Crippen molar-refractivity contribution in [2.45, 2.75) is 12.7 Å². The monoisotopic (exact) mass is 460 g/mol.